The average molecular weight is 449 g/mol. The molecule has 1 fully saturated rings. The Balaban J connectivity index is 1.46. The Morgan fingerprint density at radius 3 is 2.68 bits per heavy atom. The second-order valence-corrected chi connectivity index (χ2v) is 8.70. The van der Waals surface area contributed by atoms with E-state index in [9.17, 15) is 18.0 Å². The van der Waals surface area contributed by atoms with E-state index in [0.29, 0.717) is 33.9 Å². The Hall–Kier alpha value is -2.81. The van der Waals surface area contributed by atoms with Gasteiger partial charge in [0.25, 0.3) is 5.91 Å². The summed E-state index contributed by atoms with van der Waals surface area (Å²) in [4.78, 5) is 19.4. The summed E-state index contributed by atoms with van der Waals surface area (Å²) in [5.41, 5.74) is 6.80. The molecule has 164 valence electrons. The van der Waals surface area contributed by atoms with Crippen molar-refractivity contribution in [1.29, 1.82) is 0 Å². The lowest BCUT2D eigenvalue weighted by molar-refractivity contribution is 0.0959. The number of fused-ring (bicyclic) bond motifs is 1. The number of benzene rings is 1. The summed E-state index contributed by atoms with van der Waals surface area (Å²) in [5, 5.41) is 3.35. The molecule has 4 rings (SSSR count). The molecule has 1 aromatic carbocycles. The highest BCUT2D eigenvalue weighted by molar-refractivity contribution is 7.21. The number of halogens is 3. The van der Waals surface area contributed by atoms with Gasteiger partial charge in [0, 0.05) is 30.7 Å². The molecule has 9 heteroatoms. The minimum absolute atomic E-state index is 0.0117. The van der Waals surface area contributed by atoms with Crippen LogP contribution in [0.15, 0.2) is 18.2 Å². The van der Waals surface area contributed by atoms with Crippen molar-refractivity contribution >= 4 is 38.8 Å². The number of nitrogen functional groups attached to an aromatic ring is 1. The van der Waals surface area contributed by atoms with Crippen molar-refractivity contribution in [3.05, 3.63) is 51.8 Å². The SMILES string of the molecule is Cc1ccc2c(N)c(C(=O)NCCc3cc(F)c(N4CCCCC4)c(F)c3F)sc2n1. The summed E-state index contributed by atoms with van der Waals surface area (Å²) in [6.45, 7) is 2.87. The van der Waals surface area contributed by atoms with Crippen molar-refractivity contribution in [2.75, 3.05) is 30.3 Å². The Labute approximate surface area is 182 Å². The number of aromatic nitrogens is 1. The maximum Gasteiger partial charge on any atom is 0.263 e. The summed E-state index contributed by atoms with van der Waals surface area (Å²) in [5.74, 6) is -3.45. The molecule has 0 radical (unpaired) electrons. The number of nitrogens with zero attached hydrogens (tertiary/aromatic N) is 2. The number of amides is 1. The lowest BCUT2D eigenvalue weighted by Gasteiger charge is -2.29. The number of hydrogen-bond acceptors (Lipinski definition) is 5. The van der Waals surface area contributed by atoms with Gasteiger partial charge in [-0.15, -0.1) is 11.3 Å². The van der Waals surface area contributed by atoms with E-state index in [1.807, 2.05) is 19.1 Å². The predicted molar refractivity (Wildman–Crippen MR) is 117 cm³/mol. The first kappa shape index (κ1) is 21.4. The van der Waals surface area contributed by atoms with E-state index in [1.165, 1.54) is 11.3 Å². The molecule has 31 heavy (non-hydrogen) atoms. The highest BCUT2D eigenvalue weighted by atomic mass is 32.1. The molecule has 0 saturated carbocycles. The molecular weight excluding hydrogens is 425 g/mol. The zero-order valence-electron chi connectivity index (χ0n) is 17.1. The third kappa shape index (κ3) is 4.19. The van der Waals surface area contributed by atoms with E-state index in [0.717, 1.165) is 31.0 Å². The first-order valence-corrected chi connectivity index (χ1v) is 11.0. The summed E-state index contributed by atoms with van der Waals surface area (Å²) >= 11 is 1.17. The molecule has 0 atom stereocenters. The average Bonchev–Trinajstić information content (AvgIpc) is 3.08. The van der Waals surface area contributed by atoms with Gasteiger partial charge in [-0.25, -0.2) is 18.2 Å². The highest BCUT2D eigenvalue weighted by Crippen LogP contribution is 2.33. The predicted octanol–water partition coefficient (Wildman–Crippen LogP) is 4.57. The van der Waals surface area contributed by atoms with Gasteiger partial charge in [-0.3, -0.25) is 4.79 Å². The van der Waals surface area contributed by atoms with Crippen LogP contribution in [0.1, 0.15) is 40.2 Å². The normalized spacial score (nSPS) is 14.3. The minimum Gasteiger partial charge on any atom is -0.397 e. The van der Waals surface area contributed by atoms with E-state index >= 15 is 0 Å². The minimum atomic E-state index is -1.17. The quantitative estimate of drug-likeness (QED) is 0.561. The Kier molecular flexibility index (Phi) is 6.04. The molecule has 0 unspecified atom stereocenters. The van der Waals surface area contributed by atoms with Gasteiger partial charge in [0.2, 0.25) is 0 Å². The van der Waals surface area contributed by atoms with Crippen molar-refractivity contribution in [1.82, 2.24) is 10.3 Å². The lowest BCUT2D eigenvalue weighted by atomic mass is 10.1. The second-order valence-electron chi connectivity index (χ2n) is 7.70. The maximum absolute atomic E-state index is 14.6. The van der Waals surface area contributed by atoms with Gasteiger partial charge in [-0.1, -0.05) is 0 Å². The van der Waals surface area contributed by atoms with Crippen molar-refractivity contribution in [3.8, 4) is 0 Å². The summed E-state index contributed by atoms with van der Waals surface area (Å²) < 4.78 is 43.7. The fourth-order valence-electron chi connectivity index (χ4n) is 3.87. The molecule has 0 spiro atoms. The molecule has 3 heterocycles. The number of pyridine rings is 1. The van der Waals surface area contributed by atoms with Crippen LogP contribution in [-0.4, -0.2) is 30.5 Å². The number of carbonyl (C=O) groups is 1. The van der Waals surface area contributed by atoms with E-state index in [2.05, 4.69) is 10.3 Å². The molecule has 3 aromatic rings. The smallest absolute Gasteiger partial charge is 0.263 e. The van der Waals surface area contributed by atoms with Gasteiger partial charge in [0.05, 0.1) is 5.69 Å². The number of carbonyl (C=O) groups excluding carboxylic acids is 1. The Bertz CT molecular complexity index is 1140. The van der Waals surface area contributed by atoms with Crippen LogP contribution in [0.25, 0.3) is 10.2 Å². The van der Waals surface area contributed by atoms with Crippen molar-refractivity contribution in [2.24, 2.45) is 0 Å². The number of thiophene rings is 1. The standard InChI is InChI=1S/C22H23F3N4OS/c1-12-5-6-14-18(26)20(31-22(14)28-12)21(30)27-8-7-13-11-15(23)19(17(25)16(13)24)29-9-3-2-4-10-29/h5-6,11H,2-4,7-10,26H2,1H3,(H,27,30). The molecule has 3 N–H and O–H groups in total. The molecule has 1 saturated heterocycles. The number of nitrogens with one attached hydrogen (secondary N) is 1. The monoisotopic (exact) mass is 448 g/mol. The van der Waals surface area contributed by atoms with Crippen molar-refractivity contribution < 1.29 is 18.0 Å². The molecule has 1 aliphatic heterocycles. The number of nitrogens with two attached hydrogens (primary N) is 1. The first-order chi connectivity index (χ1) is 14.9. The van der Waals surface area contributed by atoms with Crippen LogP contribution in [0, 0.1) is 24.4 Å². The summed E-state index contributed by atoms with van der Waals surface area (Å²) in [6.07, 6.45) is 2.60. The van der Waals surface area contributed by atoms with Crippen LogP contribution in [0.4, 0.5) is 24.5 Å². The third-order valence-electron chi connectivity index (χ3n) is 5.50. The van der Waals surface area contributed by atoms with Gasteiger partial charge >= 0.3 is 0 Å². The number of rotatable bonds is 5. The largest absolute Gasteiger partial charge is 0.397 e. The fourth-order valence-corrected chi connectivity index (χ4v) is 4.93. The summed E-state index contributed by atoms with van der Waals surface area (Å²) in [7, 11) is 0. The van der Waals surface area contributed by atoms with Gasteiger partial charge < -0.3 is 16.0 Å². The van der Waals surface area contributed by atoms with Gasteiger partial charge in [-0.05, 0) is 56.4 Å². The third-order valence-corrected chi connectivity index (χ3v) is 6.62. The number of aryl methyl sites for hydroxylation is 1. The Morgan fingerprint density at radius 1 is 1.19 bits per heavy atom. The zero-order valence-corrected chi connectivity index (χ0v) is 17.9. The van der Waals surface area contributed by atoms with Crippen LogP contribution in [-0.2, 0) is 6.42 Å². The Morgan fingerprint density at radius 2 is 1.94 bits per heavy atom. The maximum atomic E-state index is 14.6. The molecule has 1 aliphatic rings. The number of piperidine rings is 1. The van der Waals surface area contributed by atoms with E-state index < -0.39 is 23.4 Å². The van der Waals surface area contributed by atoms with Crippen LogP contribution >= 0.6 is 11.3 Å². The van der Waals surface area contributed by atoms with Crippen molar-refractivity contribution in [2.45, 2.75) is 32.6 Å². The van der Waals surface area contributed by atoms with E-state index in [4.69, 9.17) is 5.73 Å². The first-order valence-electron chi connectivity index (χ1n) is 10.2. The molecule has 5 nitrogen and oxygen atoms in total. The van der Waals surface area contributed by atoms with Crippen molar-refractivity contribution in [3.63, 3.8) is 0 Å². The zero-order chi connectivity index (χ0) is 22.1. The van der Waals surface area contributed by atoms with Crippen LogP contribution in [0.5, 0.6) is 0 Å². The van der Waals surface area contributed by atoms with Gasteiger partial charge in [0.1, 0.15) is 21.2 Å². The fraction of sp³-hybridized carbons (Fsp3) is 0.364. The molecular formula is C22H23F3N4OS. The number of anilines is 2. The molecule has 0 aliphatic carbocycles. The van der Waals surface area contributed by atoms with E-state index in [1.54, 1.807) is 4.90 Å². The second kappa shape index (κ2) is 8.74. The summed E-state index contributed by atoms with van der Waals surface area (Å²) in [6, 6.07) is 4.65. The number of hydrogen-bond donors (Lipinski definition) is 2. The molecule has 1 amide bonds. The van der Waals surface area contributed by atoms with E-state index in [-0.39, 0.29) is 24.2 Å². The van der Waals surface area contributed by atoms with Crippen LogP contribution < -0.4 is 16.0 Å². The van der Waals surface area contributed by atoms with Crippen LogP contribution in [0.3, 0.4) is 0 Å². The molecule has 0 bridgehead atoms. The highest BCUT2D eigenvalue weighted by Gasteiger charge is 2.24. The molecule has 2 aromatic heterocycles. The van der Waals surface area contributed by atoms with Gasteiger partial charge in [-0.2, -0.15) is 0 Å². The topological polar surface area (TPSA) is 71.2 Å². The van der Waals surface area contributed by atoms with Gasteiger partial charge in [0.15, 0.2) is 11.6 Å². The van der Waals surface area contributed by atoms with Crippen LogP contribution in [0.2, 0.25) is 0 Å². The lowest BCUT2D eigenvalue weighted by Crippen LogP contribution is -2.31.